The highest BCUT2D eigenvalue weighted by molar-refractivity contribution is 6.35. The molecular weight excluding hydrogens is 865 g/mol. The zero-order valence-electron chi connectivity index (χ0n) is 47.9. The Morgan fingerprint density at radius 3 is 0.625 bits per heavy atom. The molecule has 0 aliphatic heterocycles. The lowest BCUT2D eigenvalue weighted by atomic mass is 9.75. The molecular formula is C72H84. The molecule has 0 aliphatic rings. The summed E-state index contributed by atoms with van der Waals surface area (Å²) >= 11 is 0. The Morgan fingerprint density at radius 1 is 0.264 bits per heavy atom. The van der Waals surface area contributed by atoms with Crippen molar-refractivity contribution in [3.8, 4) is 44.5 Å². The normalized spacial score (nSPS) is 13.2. The van der Waals surface area contributed by atoms with Gasteiger partial charge < -0.3 is 0 Å². The van der Waals surface area contributed by atoms with Crippen LogP contribution < -0.4 is 0 Å². The van der Waals surface area contributed by atoms with E-state index >= 15 is 0 Å². The fourth-order valence-corrected chi connectivity index (χ4v) is 12.5. The zero-order chi connectivity index (χ0) is 52.3. The summed E-state index contributed by atoms with van der Waals surface area (Å²) in [5, 5.41) is 10.6. The first-order chi connectivity index (χ1) is 33.6. The van der Waals surface area contributed by atoms with Crippen LogP contribution in [0.3, 0.4) is 0 Å². The number of rotatable bonds is 8. The molecule has 0 spiro atoms. The van der Waals surface area contributed by atoms with Gasteiger partial charge in [-0.1, -0.05) is 211 Å². The summed E-state index contributed by atoms with van der Waals surface area (Å²) in [5.41, 5.74) is 21.7. The molecule has 0 unspecified atom stereocenters. The van der Waals surface area contributed by atoms with Gasteiger partial charge >= 0.3 is 0 Å². The number of hydrogen-bond donors (Lipinski definition) is 0. The van der Waals surface area contributed by atoms with Crippen LogP contribution in [0.25, 0.3) is 87.6 Å². The smallest absolute Gasteiger partial charge is 0.00255 e. The van der Waals surface area contributed by atoms with Crippen molar-refractivity contribution in [3.05, 3.63) is 166 Å². The van der Waals surface area contributed by atoms with Crippen LogP contribution in [0.15, 0.2) is 121 Å². The van der Waals surface area contributed by atoms with Gasteiger partial charge in [0, 0.05) is 0 Å². The standard InChI is InChI=1S/C72H84/c1-41(2)51-25-21-29-59(69(9,10)11)65(51)47-33-45-34-48(66-52(42(3)4)26-22-30-60(66)70(12,13)14)39-57-58-40-50(68-54(44(7)8)28-24-32-62(68)72(18,19)20)36-46-35-49(38-56(64(46)58)55(37-47)63(45)57)67-53(43(5)6)27-23-31-61(67)71(15,16)17/h21-44H,1-20H3. The first-order valence-corrected chi connectivity index (χ1v) is 27.4. The molecule has 0 amide bonds. The molecule has 0 atom stereocenters. The highest BCUT2D eigenvalue weighted by atomic mass is 14.3. The Kier molecular flexibility index (Phi) is 12.8. The van der Waals surface area contributed by atoms with E-state index in [0.717, 1.165) is 0 Å². The maximum Gasteiger partial charge on any atom is -0.00255 e. The van der Waals surface area contributed by atoms with Gasteiger partial charge in [-0.3, -0.25) is 0 Å². The lowest BCUT2D eigenvalue weighted by molar-refractivity contribution is 0.590. The van der Waals surface area contributed by atoms with Gasteiger partial charge in [-0.05, 0) is 226 Å². The average molecular weight is 949 g/mol. The third-order valence-electron chi connectivity index (χ3n) is 15.9. The third kappa shape index (κ3) is 8.88. The van der Waals surface area contributed by atoms with E-state index in [1.165, 1.54) is 132 Å². The van der Waals surface area contributed by atoms with Crippen molar-refractivity contribution in [1.29, 1.82) is 0 Å². The molecule has 9 rings (SSSR count). The predicted octanol–water partition coefficient (Wildman–Crippen LogP) is 22.1. The van der Waals surface area contributed by atoms with E-state index in [1.54, 1.807) is 0 Å². The van der Waals surface area contributed by atoms with E-state index in [4.69, 9.17) is 0 Å². The summed E-state index contributed by atoms with van der Waals surface area (Å²) in [6.45, 7) is 47.6. The quantitative estimate of drug-likeness (QED) is 0.105. The second kappa shape index (κ2) is 18.0. The molecule has 0 N–H and O–H groups in total. The largest absolute Gasteiger partial charge is 0.0616 e. The van der Waals surface area contributed by atoms with Crippen LogP contribution in [0.2, 0.25) is 0 Å². The second-order valence-electron chi connectivity index (χ2n) is 27.0. The molecule has 0 radical (unpaired) electrons. The fraction of sp³-hybridized carbons (Fsp3) is 0.389. The summed E-state index contributed by atoms with van der Waals surface area (Å²) in [6.07, 6.45) is 0. The summed E-state index contributed by atoms with van der Waals surface area (Å²) in [7, 11) is 0. The minimum absolute atomic E-state index is 0.0600. The maximum absolute atomic E-state index is 2.60. The number of benzene rings is 9. The van der Waals surface area contributed by atoms with Crippen molar-refractivity contribution in [3.63, 3.8) is 0 Å². The van der Waals surface area contributed by atoms with Crippen molar-refractivity contribution in [1.82, 2.24) is 0 Å². The van der Waals surface area contributed by atoms with Gasteiger partial charge in [-0.15, -0.1) is 0 Å². The van der Waals surface area contributed by atoms with Crippen LogP contribution >= 0.6 is 0 Å². The molecule has 72 heavy (non-hydrogen) atoms. The number of fused-ring (bicyclic) bond motifs is 2. The summed E-state index contributed by atoms with van der Waals surface area (Å²) < 4.78 is 0. The fourth-order valence-electron chi connectivity index (χ4n) is 12.5. The van der Waals surface area contributed by atoms with Gasteiger partial charge in [-0.25, -0.2) is 0 Å². The first kappa shape index (κ1) is 51.2. The molecule has 0 bridgehead atoms. The Labute approximate surface area is 435 Å². The third-order valence-corrected chi connectivity index (χ3v) is 15.9. The second-order valence-corrected chi connectivity index (χ2v) is 27.0. The van der Waals surface area contributed by atoms with Crippen LogP contribution in [0.5, 0.6) is 0 Å². The van der Waals surface area contributed by atoms with Crippen molar-refractivity contribution >= 4 is 43.1 Å². The van der Waals surface area contributed by atoms with Crippen LogP contribution in [0.4, 0.5) is 0 Å². The molecule has 0 saturated heterocycles. The molecule has 372 valence electrons. The first-order valence-electron chi connectivity index (χ1n) is 27.4. The van der Waals surface area contributed by atoms with Crippen molar-refractivity contribution < 1.29 is 0 Å². The SMILES string of the molecule is CC(C)c1cccc(C(C)(C)C)c1-c1cc2cc(-c3c(C(C)C)cccc3C(C)(C)C)cc3c4cc(-c5c(C(C)C)cccc5C(C)(C)C)cc5cc(-c6c(C(C)C)cccc6C(C)(C)C)cc(c(c1)c23)c54. The van der Waals surface area contributed by atoms with Crippen LogP contribution in [-0.4, -0.2) is 0 Å². The Morgan fingerprint density at radius 2 is 0.458 bits per heavy atom. The van der Waals surface area contributed by atoms with Crippen LogP contribution in [-0.2, 0) is 21.7 Å². The van der Waals surface area contributed by atoms with Crippen molar-refractivity contribution in [2.75, 3.05) is 0 Å². The van der Waals surface area contributed by atoms with E-state index in [1.807, 2.05) is 0 Å². The van der Waals surface area contributed by atoms with Gasteiger partial charge in [-0.2, -0.15) is 0 Å². The van der Waals surface area contributed by atoms with Crippen molar-refractivity contribution in [2.24, 2.45) is 0 Å². The van der Waals surface area contributed by atoms with Crippen LogP contribution in [0, 0.1) is 0 Å². The highest BCUT2D eigenvalue weighted by Crippen LogP contribution is 2.52. The van der Waals surface area contributed by atoms with Gasteiger partial charge in [0.05, 0.1) is 0 Å². The number of hydrogen-bond acceptors (Lipinski definition) is 0. The van der Waals surface area contributed by atoms with Gasteiger partial charge in [0.2, 0.25) is 0 Å². The monoisotopic (exact) mass is 949 g/mol. The minimum atomic E-state index is -0.0600. The molecule has 0 aliphatic carbocycles. The van der Waals surface area contributed by atoms with E-state index in [9.17, 15) is 0 Å². The summed E-state index contributed by atoms with van der Waals surface area (Å²) in [4.78, 5) is 0. The highest BCUT2D eigenvalue weighted by Gasteiger charge is 2.30. The molecule has 9 aromatic carbocycles. The van der Waals surface area contributed by atoms with Gasteiger partial charge in [0.15, 0.2) is 0 Å². The zero-order valence-corrected chi connectivity index (χ0v) is 47.9. The predicted molar refractivity (Wildman–Crippen MR) is 321 cm³/mol. The Hall–Kier alpha value is -5.72. The lowest BCUT2D eigenvalue weighted by Gasteiger charge is -2.29. The maximum atomic E-state index is 2.60. The molecule has 9 aromatic rings. The van der Waals surface area contributed by atoms with E-state index in [2.05, 4.69) is 260 Å². The van der Waals surface area contributed by atoms with Crippen molar-refractivity contribution in [2.45, 2.75) is 184 Å². The van der Waals surface area contributed by atoms with E-state index in [-0.39, 0.29) is 21.7 Å². The van der Waals surface area contributed by atoms with E-state index < -0.39 is 0 Å². The molecule has 0 aromatic heterocycles. The minimum Gasteiger partial charge on any atom is -0.0616 e. The average Bonchev–Trinajstić information content (AvgIpc) is 3.30. The summed E-state index contributed by atoms with van der Waals surface area (Å²) in [6, 6.07) is 49.0. The van der Waals surface area contributed by atoms with Gasteiger partial charge in [0.1, 0.15) is 0 Å². The Balaban J connectivity index is 1.59. The lowest BCUT2D eigenvalue weighted by Crippen LogP contribution is -2.15. The topological polar surface area (TPSA) is 0 Å². The molecule has 0 saturated carbocycles. The summed E-state index contributed by atoms with van der Waals surface area (Å²) in [5.74, 6) is 1.42. The molecule has 0 nitrogen and oxygen atoms in total. The molecule has 0 heterocycles. The molecule has 0 heteroatoms. The van der Waals surface area contributed by atoms with E-state index in [0.29, 0.717) is 23.7 Å². The molecule has 0 fully saturated rings. The van der Waals surface area contributed by atoms with Crippen LogP contribution in [0.1, 0.15) is 207 Å². The van der Waals surface area contributed by atoms with Gasteiger partial charge in [0.25, 0.3) is 0 Å². The Bertz CT molecular complexity index is 3070.